The molecule has 14 heavy (non-hydrogen) atoms. The molecule has 0 spiro atoms. The van der Waals surface area contributed by atoms with Gasteiger partial charge < -0.3 is 10.2 Å². The van der Waals surface area contributed by atoms with Gasteiger partial charge in [0.25, 0.3) is 0 Å². The predicted molar refractivity (Wildman–Crippen MR) is 55.7 cm³/mol. The van der Waals surface area contributed by atoms with E-state index in [1.54, 1.807) is 5.38 Å². The van der Waals surface area contributed by atoms with Gasteiger partial charge in [-0.2, -0.15) is 0 Å². The lowest BCUT2D eigenvalue weighted by Crippen LogP contribution is -2.18. The van der Waals surface area contributed by atoms with Gasteiger partial charge in [0.1, 0.15) is 0 Å². The molecule has 0 aromatic carbocycles. The fourth-order valence-corrected chi connectivity index (χ4v) is 2.22. The van der Waals surface area contributed by atoms with Crippen molar-refractivity contribution in [1.29, 1.82) is 0 Å². The van der Waals surface area contributed by atoms with Crippen molar-refractivity contribution in [3.8, 4) is 0 Å². The third-order valence-corrected chi connectivity index (χ3v) is 2.96. The molecule has 2 N–H and O–H groups in total. The molecule has 1 heterocycles. The molecule has 0 bridgehead atoms. The maximum Gasteiger partial charge on any atom is 0.336 e. The summed E-state index contributed by atoms with van der Waals surface area (Å²) in [4.78, 5) is 11.3. The molecule has 0 aliphatic heterocycles. The monoisotopic (exact) mass is 214 g/mol. The number of carboxylic acid groups (broad SMARTS) is 1. The standard InChI is InChI=1S/C10H14O3S/c1-10(2,3)8(11)7-6(9(12)13)4-5-14-7/h4-5,8,11H,1-3H3,(H,12,13). The van der Waals surface area contributed by atoms with Crippen molar-refractivity contribution >= 4 is 17.3 Å². The van der Waals surface area contributed by atoms with Gasteiger partial charge >= 0.3 is 5.97 Å². The molecule has 1 aromatic heterocycles. The first-order chi connectivity index (χ1) is 6.34. The van der Waals surface area contributed by atoms with Gasteiger partial charge in [-0.15, -0.1) is 11.3 Å². The quantitative estimate of drug-likeness (QED) is 0.795. The number of thiophene rings is 1. The summed E-state index contributed by atoms with van der Waals surface area (Å²) in [6.45, 7) is 5.63. The van der Waals surface area contributed by atoms with Crippen LogP contribution < -0.4 is 0 Å². The molecule has 3 nitrogen and oxygen atoms in total. The van der Waals surface area contributed by atoms with Crippen molar-refractivity contribution in [2.24, 2.45) is 5.41 Å². The summed E-state index contributed by atoms with van der Waals surface area (Å²) in [6, 6.07) is 1.53. The second-order valence-electron chi connectivity index (χ2n) is 4.27. The largest absolute Gasteiger partial charge is 0.478 e. The van der Waals surface area contributed by atoms with Crippen molar-refractivity contribution in [1.82, 2.24) is 0 Å². The zero-order valence-electron chi connectivity index (χ0n) is 8.44. The van der Waals surface area contributed by atoms with Gasteiger partial charge in [-0.1, -0.05) is 20.8 Å². The van der Waals surface area contributed by atoms with Crippen molar-refractivity contribution in [3.05, 3.63) is 21.9 Å². The van der Waals surface area contributed by atoms with Gasteiger partial charge in [0.15, 0.2) is 0 Å². The number of aromatic carboxylic acids is 1. The lowest BCUT2D eigenvalue weighted by molar-refractivity contribution is 0.0593. The number of carboxylic acids is 1. The number of carbonyl (C=O) groups is 1. The molecule has 0 saturated heterocycles. The first-order valence-electron chi connectivity index (χ1n) is 4.33. The highest BCUT2D eigenvalue weighted by Gasteiger charge is 2.28. The third kappa shape index (κ3) is 2.13. The van der Waals surface area contributed by atoms with Crippen LogP contribution in [0.3, 0.4) is 0 Å². The molecule has 0 radical (unpaired) electrons. The van der Waals surface area contributed by atoms with Crippen LogP contribution in [-0.2, 0) is 0 Å². The number of rotatable bonds is 2. The molecular weight excluding hydrogens is 200 g/mol. The molecule has 1 rings (SSSR count). The Morgan fingerprint density at radius 3 is 2.50 bits per heavy atom. The summed E-state index contributed by atoms with van der Waals surface area (Å²) < 4.78 is 0. The van der Waals surface area contributed by atoms with Crippen LogP contribution in [0, 0.1) is 5.41 Å². The Hall–Kier alpha value is -0.870. The van der Waals surface area contributed by atoms with Crippen LogP contribution in [0.4, 0.5) is 0 Å². The van der Waals surface area contributed by atoms with Crippen LogP contribution in [0.25, 0.3) is 0 Å². The summed E-state index contributed by atoms with van der Waals surface area (Å²) >= 11 is 1.28. The van der Waals surface area contributed by atoms with Crippen LogP contribution in [0.2, 0.25) is 0 Å². The second-order valence-corrected chi connectivity index (χ2v) is 5.22. The van der Waals surface area contributed by atoms with Gasteiger partial charge in [0, 0.05) is 4.88 Å². The molecule has 0 saturated carbocycles. The molecular formula is C10H14O3S. The summed E-state index contributed by atoms with van der Waals surface area (Å²) in [6.07, 6.45) is -0.728. The molecule has 1 unspecified atom stereocenters. The molecule has 0 aliphatic carbocycles. The SMILES string of the molecule is CC(C)(C)C(O)c1sccc1C(=O)O. The molecule has 78 valence electrons. The topological polar surface area (TPSA) is 57.5 Å². The fraction of sp³-hybridized carbons (Fsp3) is 0.500. The molecule has 0 fully saturated rings. The average Bonchev–Trinajstić information content (AvgIpc) is 2.48. The van der Waals surface area contributed by atoms with E-state index in [9.17, 15) is 9.90 Å². The number of hydrogen-bond donors (Lipinski definition) is 2. The minimum atomic E-state index is -0.982. The normalized spacial score (nSPS) is 14.0. The summed E-state index contributed by atoms with van der Waals surface area (Å²) in [7, 11) is 0. The second kappa shape index (κ2) is 3.71. The highest BCUT2D eigenvalue weighted by molar-refractivity contribution is 7.10. The number of aliphatic hydroxyl groups is 1. The Morgan fingerprint density at radius 1 is 1.50 bits per heavy atom. The smallest absolute Gasteiger partial charge is 0.336 e. The highest BCUT2D eigenvalue weighted by Crippen LogP contribution is 2.37. The van der Waals surface area contributed by atoms with Crippen molar-refractivity contribution in [3.63, 3.8) is 0 Å². The Balaban J connectivity index is 3.07. The van der Waals surface area contributed by atoms with E-state index >= 15 is 0 Å². The van der Waals surface area contributed by atoms with E-state index in [0.717, 1.165) is 0 Å². The minimum absolute atomic E-state index is 0.206. The first kappa shape index (κ1) is 11.2. The van der Waals surface area contributed by atoms with Gasteiger partial charge in [-0.25, -0.2) is 4.79 Å². The Bertz CT molecular complexity index is 335. The summed E-state index contributed by atoms with van der Waals surface area (Å²) in [5, 5.41) is 20.5. The molecule has 1 atom stereocenters. The van der Waals surface area contributed by atoms with Crippen LogP contribution in [0.1, 0.15) is 42.1 Å². The third-order valence-electron chi connectivity index (χ3n) is 1.99. The van der Waals surface area contributed by atoms with Gasteiger partial charge in [-0.05, 0) is 16.9 Å². The molecule has 1 aromatic rings. The first-order valence-corrected chi connectivity index (χ1v) is 5.20. The maximum atomic E-state index is 10.8. The number of hydrogen-bond acceptors (Lipinski definition) is 3. The summed E-state index contributed by atoms with van der Waals surface area (Å²) in [5.41, 5.74) is -0.132. The van der Waals surface area contributed by atoms with Crippen molar-refractivity contribution in [2.75, 3.05) is 0 Å². The Labute approximate surface area is 87.0 Å². The van der Waals surface area contributed by atoms with Gasteiger partial charge in [0.05, 0.1) is 11.7 Å². The van der Waals surface area contributed by atoms with Crippen LogP contribution >= 0.6 is 11.3 Å². The lowest BCUT2D eigenvalue weighted by Gasteiger charge is -2.25. The van der Waals surface area contributed by atoms with E-state index in [1.165, 1.54) is 17.4 Å². The molecule has 0 aliphatic rings. The average molecular weight is 214 g/mol. The number of aliphatic hydroxyl groups excluding tert-OH is 1. The van der Waals surface area contributed by atoms with E-state index in [2.05, 4.69) is 0 Å². The van der Waals surface area contributed by atoms with E-state index in [0.29, 0.717) is 4.88 Å². The Morgan fingerprint density at radius 2 is 2.07 bits per heavy atom. The highest BCUT2D eigenvalue weighted by atomic mass is 32.1. The zero-order chi connectivity index (χ0) is 10.9. The van der Waals surface area contributed by atoms with Gasteiger partial charge in [-0.3, -0.25) is 0 Å². The van der Waals surface area contributed by atoms with Crippen molar-refractivity contribution < 1.29 is 15.0 Å². The predicted octanol–water partition coefficient (Wildman–Crippen LogP) is 2.53. The van der Waals surface area contributed by atoms with E-state index in [-0.39, 0.29) is 11.0 Å². The summed E-state index contributed by atoms with van der Waals surface area (Å²) in [5.74, 6) is -0.982. The lowest BCUT2D eigenvalue weighted by atomic mass is 9.87. The van der Waals surface area contributed by atoms with Crippen LogP contribution in [0.5, 0.6) is 0 Å². The fourth-order valence-electron chi connectivity index (χ4n) is 1.10. The zero-order valence-corrected chi connectivity index (χ0v) is 9.26. The van der Waals surface area contributed by atoms with Crippen LogP contribution in [0.15, 0.2) is 11.4 Å². The van der Waals surface area contributed by atoms with E-state index in [1.807, 2.05) is 20.8 Å². The van der Waals surface area contributed by atoms with Crippen LogP contribution in [-0.4, -0.2) is 16.2 Å². The van der Waals surface area contributed by atoms with Gasteiger partial charge in [0.2, 0.25) is 0 Å². The van der Waals surface area contributed by atoms with Crippen molar-refractivity contribution in [2.45, 2.75) is 26.9 Å². The minimum Gasteiger partial charge on any atom is -0.478 e. The van der Waals surface area contributed by atoms with E-state index < -0.39 is 12.1 Å². The molecule has 4 heteroatoms. The van der Waals surface area contributed by atoms with E-state index in [4.69, 9.17) is 5.11 Å². The Kier molecular flexibility index (Phi) is 2.97. The molecule has 0 amide bonds. The maximum absolute atomic E-state index is 10.8.